The van der Waals surface area contributed by atoms with E-state index in [1.54, 1.807) is 0 Å². The molecule has 0 atom stereocenters. The summed E-state index contributed by atoms with van der Waals surface area (Å²) in [4.78, 5) is 2.42. The van der Waals surface area contributed by atoms with E-state index in [0.29, 0.717) is 0 Å². The molecule has 0 bridgehead atoms. The number of benzene rings is 12. The lowest BCUT2D eigenvalue weighted by Crippen LogP contribution is -2.10. The summed E-state index contributed by atoms with van der Waals surface area (Å²) in [6.07, 6.45) is 0. The molecule has 0 aliphatic carbocycles. The van der Waals surface area contributed by atoms with Crippen LogP contribution in [0, 0.1) is 0 Å². The molecule has 1 heteroatoms. The van der Waals surface area contributed by atoms with E-state index in [2.05, 4.69) is 266 Å². The molecular weight excluding hydrogens is 783 g/mol. The predicted molar refractivity (Wildman–Crippen MR) is 278 cm³/mol. The number of hydrogen-bond donors (Lipinski definition) is 0. The second kappa shape index (κ2) is 16.3. The van der Waals surface area contributed by atoms with Crippen LogP contribution in [-0.4, -0.2) is 0 Å². The van der Waals surface area contributed by atoms with Gasteiger partial charge in [-0.05, 0) is 159 Å². The molecule has 1 nitrogen and oxygen atoms in total. The van der Waals surface area contributed by atoms with Gasteiger partial charge in [0, 0.05) is 17.1 Å². The third-order valence-corrected chi connectivity index (χ3v) is 13.0. The Labute approximate surface area is 379 Å². The first-order chi connectivity index (χ1) is 32.2. The van der Waals surface area contributed by atoms with Gasteiger partial charge < -0.3 is 4.90 Å². The molecule has 0 radical (unpaired) electrons. The van der Waals surface area contributed by atoms with E-state index in [0.717, 1.165) is 28.2 Å². The van der Waals surface area contributed by atoms with Gasteiger partial charge in [0.15, 0.2) is 0 Å². The molecule has 0 unspecified atom stereocenters. The van der Waals surface area contributed by atoms with Gasteiger partial charge >= 0.3 is 0 Å². The van der Waals surface area contributed by atoms with E-state index in [4.69, 9.17) is 0 Å². The molecule has 0 aromatic heterocycles. The van der Waals surface area contributed by atoms with Crippen LogP contribution < -0.4 is 4.90 Å². The molecule has 65 heavy (non-hydrogen) atoms. The zero-order valence-corrected chi connectivity index (χ0v) is 35.8. The van der Waals surface area contributed by atoms with Crippen LogP contribution in [0.25, 0.3) is 98.7 Å². The lowest BCUT2D eigenvalue weighted by molar-refractivity contribution is 1.28. The maximum Gasteiger partial charge on any atom is 0.0473 e. The quantitative estimate of drug-likeness (QED) is 0.138. The van der Waals surface area contributed by atoms with E-state index in [9.17, 15) is 0 Å². The van der Waals surface area contributed by atoms with Crippen LogP contribution in [-0.2, 0) is 0 Å². The van der Waals surface area contributed by atoms with Crippen molar-refractivity contribution < 1.29 is 0 Å². The second-order valence-electron chi connectivity index (χ2n) is 16.9. The first-order valence-electron chi connectivity index (χ1n) is 22.4. The minimum absolute atomic E-state index is 1.08. The van der Waals surface area contributed by atoms with Crippen molar-refractivity contribution in [3.63, 3.8) is 0 Å². The molecule has 0 aliphatic heterocycles. The fourth-order valence-electron chi connectivity index (χ4n) is 9.72. The molecular formula is C64H43N. The van der Waals surface area contributed by atoms with Crippen molar-refractivity contribution >= 4 is 60.2 Å². The Hall–Kier alpha value is -8.52. The molecule has 12 aromatic carbocycles. The Kier molecular flexibility index (Phi) is 9.58. The maximum absolute atomic E-state index is 2.42. The first kappa shape index (κ1) is 38.2. The number of nitrogens with zero attached hydrogens (tertiary/aromatic N) is 1. The normalized spacial score (nSPS) is 11.4. The molecule has 304 valence electrons. The maximum atomic E-state index is 2.42. The average Bonchev–Trinajstić information content (AvgIpc) is 3.39. The van der Waals surface area contributed by atoms with Gasteiger partial charge in [-0.2, -0.15) is 0 Å². The number of hydrogen-bond acceptors (Lipinski definition) is 1. The van der Waals surface area contributed by atoms with Crippen LogP contribution in [0.15, 0.2) is 261 Å². The summed E-state index contributed by atoms with van der Waals surface area (Å²) in [6.45, 7) is 0. The van der Waals surface area contributed by atoms with Crippen molar-refractivity contribution in [1.29, 1.82) is 0 Å². The molecule has 0 saturated heterocycles. The van der Waals surface area contributed by atoms with Crippen molar-refractivity contribution in [3.05, 3.63) is 261 Å². The molecule has 0 heterocycles. The van der Waals surface area contributed by atoms with Gasteiger partial charge in [0.25, 0.3) is 0 Å². The molecule has 0 N–H and O–H groups in total. The van der Waals surface area contributed by atoms with Gasteiger partial charge in [-0.3, -0.25) is 0 Å². The Morgan fingerprint density at radius 2 is 0.615 bits per heavy atom. The van der Waals surface area contributed by atoms with E-state index in [-0.39, 0.29) is 0 Å². The standard InChI is InChI=1S/C64H43N/c1-4-14-44(15-5-1)47-28-33-56(34-29-47)65(57-35-30-48(31-36-57)45-16-6-2-7-17-45)58-40-54(50-32-37-60-52(38-50)26-24-49-20-10-11-21-59(49)60)39-55(41-58)64-43-53-27-25-51(46-18-8-3-9-19-46)42-63(53)61-22-12-13-23-62(61)64/h1-43H. The largest absolute Gasteiger partial charge is 0.310 e. The smallest absolute Gasteiger partial charge is 0.0473 e. The average molecular weight is 826 g/mol. The van der Waals surface area contributed by atoms with Crippen LogP contribution >= 0.6 is 0 Å². The Morgan fingerprint density at radius 1 is 0.185 bits per heavy atom. The summed E-state index contributed by atoms with van der Waals surface area (Å²) >= 11 is 0. The molecule has 12 rings (SSSR count). The highest BCUT2D eigenvalue weighted by Crippen LogP contribution is 2.44. The Morgan fingerprint density at radius 3 is 1.26 bits per heavy atom. The van der Waals surface area contributed by atoms with Gasteiger partial charge in [-0.25, -0.2) is 0 Å². The van der Waals surface area contributed by atoms with Crippen LogP contribution in [0.3, 0.4) is 0 Å². The lowest BCUT2D eigenvalue weighted by atomic mass is 9.89. The summed E-state index contributed by atoms with van der Waals surface area (Å²) in [6, 6.07) is 95.5. The summed E-state index contributed by atoms with van der Waals surface area (Å²) < 4.78 is 0. The predicted octanol–water partition coefficient (Wildman–Crippen LogP) is 18.1. The molecule has 0 spiro atoms. The van der Waals surface area contributed by atoms with Crippen molar-refractivity contribution in [2.24, 2.45) is 0 Å². The van der Waals surface area contributed by atoms with Crippen molar-refractivity contribution in [2.75, 3.05) is 4.90 Å². The lowest BCUT2D eigenvalue weighted by Gasteiger charge is -2.27. The molecule has 0 amide bonds. The summed E-state index contributed by atoms with van der Waals surface area (Å²) in [5.41, 5.74) is 15.2. The highest BCUT2D eigenvalue weighted by molar-refractivity contribution is 6.15. The van der Waals surface area contributed by atoms with E-state index < -0.39 is 0 Å². The monoisotopic (exact) mass is 825 g/mol. The van der Waals surface area contributed by atoms with Crippen LogP contribution in [0.2, 0.25) is 0 Å². The van der Waals surface area contributed by atoms with Gasteiger partial charge in [-0.15, -0.1) is 0 Å². The zero-order valence-electron chi connectivity index (χ0n) is 35.8. The SMILES string of the molecule is c1ccc(-c2ccc(N(c3ccc(-c4ccccc4)cc3)c3cc(-c4ccc5c(ccc6ccccc65)c4)cc(-c4cc5ccc(-c6ccccc6)cc5c5ccccc45)c3)cc2)cc1. The van der Waals surface area contributed by atoms with Crippen LogP contribution in [0.1, 0.15) is 0 Å². The van der Waals surface area contributed by atoms with Gasteiger partial charge in [0.05, 0.1) is 0 Å². The zero-order chi connectivity index (χ0) is 43.1. The third-order valence-electron chi connectivity index (χ3n) is 13.0. The van der Waals surface area contributed by atoms with Crippen LogP contribution in [0.5, 0.6) is 0 Å². The highest BCUT2D eigenvalue weighted by atomic mass is 15.1. The minimum Gasteiger partial charge on any atom is -0.310 e. The molecule has 0 aliphatic rings. The fourth-order valence-corrected chi connectivity index (χ4v) is 9.72. The molecule has 12 aromatic rings. The minimum atomic E-state index is 1.08. The second-order valence-corrected chi connectivity index (χ2v) is 16.9. The van der Waals surface area contributed by atoms with E-state index in [1.165, 1.54) is 87.6 Å². The van der Waals surface area contributed by atoms with Gasteiger partial charge in [0.2, 0.25) is 0 Å². The van der Waals surface area contributed by atoms with Crippen molar-refractivity contribution in [1.82, 2.24) is 0 Å². The first-order valence-corrected chi connectivity index (χ1v) is 22.4. The molecule has 0 fully saturated rings. The van der Waals surface area contributed by atoms with Gasteiger partial charge in [0.1, 0.15) is 0 Å². The summed E-state index contributed by atoms with van der Waals surface area (Å²) in [5, 5.41) is 9.95. The van der Waals surface area contributed by atoms with Gasteiger partial charge in [-0.1, -0.05) is 200 Å². The Balaban J connectivity index is 1.08. The third kappa shape index (κ3) is 7.20. The fraction of sp³-hybridized carbons (Fsp3) is 0. The summed E-state index contributed by atoms with van der Waals surface area (Å²) in [5.74, 6) is 0. The highest BCUT2D eigenvalue weighted by Gasteiger charge is 2.19. The van der Waals surface area contributed by atoms with Crippen LogP contribution in [0.4, 0.5) is 17.1 Å². The van der Waals surface area contributed by atoms with E-state index >= 15 is 0 Å². The van der Waals surface area contributed by atoms with E-state index in [1.807, 2.05) is 0 Å². The topological polar surface area (TPSA) is 3.24 Å². The van der Waals surface area contributed by atoms with Crippen molar-refractivity contribution in [2.45, 2.75) is 0 Å². The summed E-state index contributed by atoms with van der Waals surface area (Å²) in [7, 11) is 0. The van der Waals surface area contributed by atoms with Crippen molar-refractivity contribution in [3.8, 4) is 55.6 Å². The number of rotatable bonds is 8. The Bertz CT molecular complexity index is 3590. The number of anilines is 3. The number of fused-ring (bicyclic) bond motifs is 6. The molecule has 0 saturated carbocycles.